The highest BCUT2D eigenvalue weighted by molar-refractivity contribution is 6.06. The number of amides is 5. The van der Waals surface area contributed by atoms with Crippen LogP contribution in [0.4, 0.5) is 15.3 Å². The van der Waals surface area contributed by atoms with Crippen molar-refractivity contribution in [3.05, 3.63) is 78.5 Å². The number of fused-ring (bicyclic) bond motifs is 1. The molecule has 3 aliphatic rings. The summed E-state index contributed by atoms with van der Waals surface area (Å²) in [5.74, 6) is 0.602. The predicted octanol–water partition coefficient (Wildman–Crippen LogP) is 3.79. The maximum absolute atomic E-state index is 13.3. The SMILES string of the molecule is COc1ccccc1-c1ncccc1NC(=O)N1CCN2C(=O)N([C@@H]3C[C@H]3c3ccccc3)C(=O)C2C1. The molecule has 6 rings (SSSR count). The molecule has 2 aromatic carbocycles. The van der Waals surface area contributed by atoms with Gasteiger partial charge in [-0.25, -0.2) is 9.59 Å². The third-order valence-electron chi connectivity index (χ3n) is 7.37. The van der Waals surface area contributed by atoms with Crippen LogP contribution in [0.2, 0.25) is 0 Å². The monoisotopic (exact) mass is 497 g/mol. The number of nitrogens with zero attached hydrogens (tertiary/aromatic N) is 4. The van der Waals surface area contributed by atoms with Crippen LogP contribution in [0.25, 0.3) is 11.3 Å². The van der Waals surface area contributed by atoms with Gasteiger partial charge in [0, 0.05) is 36.8 Å². The Bertz CT molecular complexity index is 1360. The lowest BCUT2D eigenvalue weighted by Gasteiger charge is -2.35. The van der Waals surface area contributed by atoms with E-state index in [1.807, 2.05) is 54.6 Å². The lowest BCUT2D eigenvalue weighted by Crippen LogP contribution is -2.55. The second kappa shape index (κ2) is 9.24. The van der Waals surface area contributed by atoms with Gasteiger partial charge in [0.05, 0.1) is 25.0 Å². The molecule has 188 valence electrons. The molecular formula is C28H27N5O4. The molecule has 0 radical (unpaired) electrons. The van der Waals surface area contributed by atoms with Gasteiger partial charge >= 0.3 is 12.1 Å². The number of pyridine rings is 1. The largest absolute Gasteiger partial charge is 0.496 e. The molecule has 5 amide bonds. The third-order valence-corrected chi connectivity index (χ3v) is 7.37. The van der Waals surface area contributed by atoms with Crippen LogP contribution in [0, 0.1) is 0 Å². The van der Waals surface area contributed by atoms with E-state index in [9.17, 15) is 14.4 Å². The minimum absolute atomic E-state index is 0.117. The average Bonchev–Trinajstić information content (AvgIpc) is 3.69. The molecule has 0 spiro atoms. The number of methoxy groups -OCH3 is 1. The van der Waals surface area contributed by atoms with E-state index in [0.717, 1.165) is 17.5 Å². The second-order valence-electron chi connectivity index (χ2n) is 9.50. The minimum atomic E-state index is -0.661. The lowest BCUT2D eigenvalue weighted by atomic mass is 10.1. The number of hydrogen-bond donors (Lipinski definition) is 1. The van der Waals surface area contributed by atoms with Crippen LogP contribution in [-0.2, 0) is 4.79 Å². The standard InChI is InChI=1S/C28H27N5O4/c1-37-24-12-6-5-10-19(24)25-21(11-7-13-29-25)30-27(35)31-14-15-32-23(17-31)26(34)33(28(32)36)22-16-20(22)18-8-3-2-4-9-18/h2-13,20,22-23H,14-17H2,1H3,(H,30,35)/t20-,22+,23?/m0/s1. The Morgan fingerprint density at radius 3 is 2.59 bits per heavy atom. The van der Waals surface area contributed by atoms with Crippen molar-refractivity contribution in [3.8, 4) is 17.0 Å². The average molecular weight is 498 g/mol. The van der Waals surface area contributed by atoms with Crippen LogP contribution in [0.3, 0.4) is 0 Å². The molecule has 1 aromatic heterocycles. The minimum Gasteiger partial charge on any atom is -0.496 e. The number of rotatable bonds is 5. The molecular weight excluding hydrogens is 470 g/mol. The summed E-state index contributed by atoms with van der Waals surface area (Å²) in [4.78, 5) is 48.8. The van der Waals surface area contributed by atoms with E-state index in [2.05, 4.69) is 10.3 Å². The highest BCUT2D eigenvalue weighted by Gasteiger charge is 2.56. The predicted molar refractivity (Wildman–Crippen MR) is 137 cm³/mol. The van der Waals surface area contributed by atoms with E-state index in [4.69, 9.17) is 4.74 Å². The molecule has 3 heterocycles. The second-order valence-corrected chi connectivity index (χ2v) is 9.50. The first-order valence-electron chi connectivity index (χ1n) is 12.4. The molecule has 37 heavy (non-hydrogen) atoms. The summed E-state index contributed by atoms with van der Waals surface area (Å²) in [5.41, 5.74) is 3.03. The van der Waals surface area contributed by atoms with E-state index >= 15 is 0 Å². The number of piperazine rings is 1. The van der Waals surface area contributed by atoms with Crippen LogP contribution in [0.5, 0.6) is 5.75 Å². The van der Waals surface area contributed by atoms with E-state index in [0.29, 0.717) is 30.2 Å². The summed E-state index contributed by atoms with van der Waals surface area (Å²) >= 11 is 0. The number of hydrogen-bond acceptors (Lipinski definition) is 5. The summed E-state index contributed by atoms with van der Waals surface area (Å²) in [6, 6.07) is 19.6. The van der Waals surface area contributed by atoms with Gasteiger partial charge in [0.2, 0.25) is 0 Å². The molecule has 1 saturated carbocycles. The number of imide groups is 1. The summed E-state index contributed by atoms with van der Waals surface area (Å²) in [6.45, 7) is 0.806. The molecule has 2 aliphatic heterocycles. The fourth-order valence-electron chi connectivity index (χ4n) is 5.39. The van der Waals surface area contributed by atoms with Crippen molar-refractivity contribution in [2.75, 3.05) is 32.1 Å². The molecule has 1 N–H and O–H groups in total. The molecule has 3 atom stereocenters. The van der Waals surface area contributed by atoms with E-state index in [1.165, 1.54) is 4.90 Å². The number of carbonyl (C=O) groups is 3. The smallest absolute Gasteiger partial charge is 0.327 e. The first kappa shape index (κ1) is 23.0. The Labute approximate surface area is 214 Å². The molecule has 2 saturated heterocycles. The number of urea groups is 2. The maximum atomic E-state index is 13.3. The summed E-state index contributed by atoms with van der Waals surface area (Å²) < 4.78 is 5.47. The lowest BCUT2D eigenvalue weighted by molar-refractivity contribution is -0.129. The Morgan fingerprint density at radius 1 is 1.00 bits per heavy atom. The van der Waals surface area contributed by atoms with Gasteiger partial charge in [0.15, 0.2) is 0 Å². The van der Waals surface area contributed by atoms with E-state index in [-0.39, 0.29) is 36.5 Å². The van der Waals surface area contributed by atoms with Gasteiger partial charge in [0.25, 0.3) is 5.91 Å². The van der Waals surface area contributed by atoms with Gasteiger partial charge in [-0.05, 0) is 36.2 Å². The van der Waals surface area contributed by atoms with Crippen molar-refractivity contribution < 1.29 is 19.1 Å². The Balaban J connectivity index is 1.16. The van der Waals surface area contributed by atoms with Crippen molar-refractivity contribution in [3.63, 3.8) is 0 Å². The topological polar surface area (TPSA) is 95.1 Å². The highest BCUT2D eigenvalue weighted by Crippen LogP contribution is 2.47. The molecule has 1 aliphatic carbocycles. The van der Waals surface area contributed by atoms with Crippen LogP contribution in [0.1, 0.15) is 17.9 Å². The summed E-state index contributed by atoms with van der Waals surface area (Å²) in [5, 5.41) is 2.95. The number of para-hydroxylation sites is 1. The Morgan fingerprint density at radius 2 is 1.78 bits per heavy atom. The number of aromatic nitrogens is 1. The maximum Gasteiger partial charge on any atom is 0.327 e. The fourth-order valence-corrected chi connectivity index (χ4v) is 5.39. The quantitative estimate of drug-likeness (QED) is 0.541. The zero-order valence-corrected chi connectivity index (χ0v) is 20.4. The molecule has 0 bridgehead atoms. The molecule has 9 heteroatoms. The fraction of sp³-hybridized carbons (Fsp3) is 0.286. The number of carbonyl (C=O) groups excluding carboxylic acids is 3. The van der Waals surface area contributed by atoms with Gasteiger partial charge in [-0.2, -0.15) is 0 Å². The number of benzene rings is 2. The number of anilines is 1. The molecule has 9 nitrogen and oxygen atoms in total. The van der Waals surface area contributed by atoms with E-state index in [1.54, 1.807) is 35.2 Å². The number of ether oxygens (including phenoxy) is 1. The molecule has 1 unspecified atom stereocenters. The van der Waals surface area contributed by atoms with Crippen molar-refractivity contribution >= 4 is 23.7 Å². The van der Waals surface area contributed by atoms with Crippen LogP contribution >= 0.6 is 0 Å². The van der Waals surface area contributed by atoms with Gasteiger partial charge < -0.3 is 19.9 Å². The van der Waals surface area contributed by atoms with Crippen LogP contribution in [0.15, 0.2) is 72.9 Å². The van der Waals surface area contributed by atoms with Gasteiger partial charge in [0.1, 0.15) is 11.8 Å². The van der Waals surface area contributed by atoms with Gasteiger partial charge in [-0.15, -0.1) is 0 Å². The van der Waals surface area contributed by atoms with Crippen LogP contribution < -0.4 is 10.1 Å². The van der Waals surface area contributed by atoms with Gasteiger partial charge in [-0.3, -0.25) is 14.7 Å². The van der Waals surface area contributed by atoms with Gasteiger partial charge in [-0.1, -0.05) is 42.5 Å². The van der Waals surface area contributed by atoms with Crippen molar-refractivity contribution in [1.29, 1.82) is 0 Å². The van der Waals surface area contributed by atoms with E-state index < -0.39 is 6.04 Å². The summed E-state index contributed by atoms with van der Waals surface area (Å²) in [7, 11) is 1.59. The number of nitrogens with one attached hydrogen (secondary N) is 1. The molecule has 3 fully saturated rings. The molecule has 3 aromatic rings. The third kappa shape index (κ3) is 4.06. The normalized spacial score (nSPS) is 22.6. The van der Waals surface area contributed by atoms with Crippen LogP contribution in [-0.4, -0.2) is 76.5 Å². The van der Waals surface area contributed by atoms with Crippen molar-refractivity contribution in [2.24, 2.45) is 0 Å². The Hall–Kier alpha value is -4.40. The summed E-state index contributed by atoms with van der Waals surface area (Å²) in [6.07, 6.45) is 2.44. The highest BCUT2D eigenvalue weighted by atomic mass is 16.5. The Kier molecular flexibility index (Phi) is 5.75. The first-order valence-corrected chi connectivity index (χ1v) is 12.4. The van der Waals surface area contributed by atoms with Crippen molar-refractivity contribution in [2.45, 2.75) is 24.4 Å². The van der Waals surface area contributed by atoms with Crippen molar-refractivity contribution in [1.82, 2.24) is 19.7 Å². The first-order chi connectivity index (χ1) is 18.1. The zero-order valence-electron chi connectivity index (χ0n) is 20.4. The zero-order chi connectivity index (χ0) is 25.5.